The average molecular weight is 205 g/mol. The van der Waals surface area contributed by atoms with Crippen LogP contribution in [-0.4, -0.2) is 19.7 Å². The molecule has 2 heterocycles. The van der Waals surface area contributed by atoms with E-state index in [0.29, 0.717) is 0 Å². The number of hydrogen-bond acceptors (Lipinski definition) is 3. The molecule has 5 heteroatoms. The van der Waals surface area contributed by atoms with E-state index in [1.807, 2.05) is 17.0 Å². The highest BCUT2D eigenvalue weighted by Gasteiger charge is 2.01. The van der Waals surface area contributed by atoms with Crippen LogP contribution in [0.5, 0.6) is 0 Å². The summed E-state index contributed by atoms with van der Waals surface area (Å²) in [5.41, 5.74) is 1.25. The third kappa shape index (κ3) is 2.44. The van der Waals surface area contributed by atoms with Gasteiger partial charge in [0.25, 0.3) is 0 Å². The molecule has 0 aromatic carbocycles. The van der Waals surface area contributed by atoms with Gasteiger partial charge < -0.3 is 14.9 Å². The van der Waals surface area contributed by atoms with Crippen LogP contribution in [-0.2, 0) is 19.6 Å². The van der Waals surface area contributed by atoms with Gasteiger partial charge in [-0.25, -0.2) is 0 Å². The Labute approximate surface area is 88.5 Å². The highest BCUT2D eigenvalue weighted by atomic mass is 15.3. The summed E-state index contributed by atoms with van der Waals surface area (Å²) in [6.07, 6.45) is 5.66. The van der Waals surface area contributed by atoms with Gasteiger partial charge in [-0.1, -0.05) is 0 Å². The highest BCUT2D eigenvalue weighted by molar-refractivity contribution is 5.07. The molecule has 2 N–H and O–H groups in total. The van der Waals surface area contributed by atoms with Crippen LogP contribution in [0.3, 0.4) is 0 Å². The Morgan fingerprint density at radius 3 is 3.13 bits per heavy atom. The van der Waals surface area contributed by atoms with Crippen molar-refractivity contribution in [1.82, 2.24) is 25.1 Å². The first-order valence-corrected chi connectivity index (χ1v) is 5.09. The van der Waals surface area contributed by atoms with Gasteiger partial charge in [0.1, 0.15) is 12.2 Å². The van der Waals surface area contributed by atoms with Crippen LogP contribution in [0.2, 0.25) is 0 Å². The van der Waals surface area contributed by atoms with Crippen molar-refractivity contribution in [1.29, 1.82) is 0 Å². The minimum Gasteiger partial charge on any atom is -0.367 e. The minimum atomic E-state index is 0.749. The molecular formula is C10H15N5. The van der Waals surface area contributed by atoms with Gasteiger partial charge in [0.2, 0.25) is 0 Å². The fourth-order valence-corrected chi connectivity index (χ4v) is 1.47. The molecule has 0 aliphatic rings. The molecule has 2 rings (SSSR count). The number of hydrogen-bond donors (Lipinski definition) is 2. The predicted octanol–water partition coefficient (Wildman–Crippen LogP) is 0.916. The Hall–Kier alpha value is -1.62. The van der Waals surface area contributed by atoms with Crippen molar-refractivity contribution in [2.45, 2.75) is 26.6 Å². The van der Waals surface area contributed by atoms with Crippen molar-refractivity contribution in [2.75, 3.05) is 0 Å². The molecule has 0 amide bonds. The van der Waals surface area contributed by atoms with E-state index in [1.165, 1.54) is 5.56 Å². The quantitative estimate of drug-likeness (QED) is 0.763. The Bertz CT molecular complexity index is 390. The fourth-order valence-electron chi connectivity index (χ4n) is 1.47. The first kappa shape index (κ1) is 9.92. The smallest absolute Gasteiger partial charge is 0.146 e. The number of aromatic nitrogens is 4. The van der Waals surface area contributed by atoms with Crippen LogP contribution in [0, 0.1) is 0 Å². The van der Waals surface area contributed by atoms with Gasteiger partial charge in [-0.15, -0.1) is 10.2 Å². The molecule has 5 nitrogen and oxygen atoms in total. The predicted molar refractivity (Wildman–Crippen MR) is 57.0 cm³/mol. The lowest BCUT2D eigenvalue weighted by Crippen LogP contribution is -2.16. The third-order valence-electron chi connectivity index (χ3n) is 2.31. The monoisotopic (exact) mass is 205 g/mol. The average Bonchev–Trinajstić information content (AvgIpc) is 2.88. The van der Waals surface area contributed by atoms with E-state index in [9.17, 15) is 0 Å². The molecule has 2 aromatic heterocycles. The Balaban J connectivity index is 1.83. The Morgan fingerprint density at radius 2 is 2.40 bits per heavy atom. The lowest BCUT2D eigenvalue weighted by atomic mass is 10.3. The second kappa shape index (κ2) is 4.75. The summed E-state index contributed by atoms with van der Waals surface area (Å²) in [5.74, 6) is 0.980. The highest BCUT2D eigenvalue weighted by Crippen LogP contribution is 1.98. The number of aromatic amines is 1. The molecule has 0 radical (unpaired) electrons. The van der Waals surface area contributed by atoms with Crippen molar-refractivity contribution < 1.29 is 0 Å². The second-order valence-corrected chi connectivity index (χ2v) is 3.36. The molecule has 0 saturated heterocycles. The molecule has 0 saturated carbocycles. The number of nitrogens with zero attached hydrogens (tertiary/aromatic N) is 3. The summed E-state index contributed by atoms with van der Waals surface area (Å²) in [6, 6.07) is 2.05. The zero-order chi connectivity index (χ0) is 10.5. The lowest BCUT2D eigenvalue weighted by molar-refractivity contribution is 0.612. The zero-order valence-corrected chi connectivity index (χ0v) is 8.77. The summed E-state index contributed by atoms with van der Waals surface area (Å²) in [4.78, 5) is 3.02. The van der Waals surface area contributed by atoms with Crippen molar-refractivity contribution >= 4 is 0 Å². The molecule has 0 bridgehead atoms. The van der Waals surface area contributed by atoms with Crippen LogP contribution in [0.1, 0.15) is 18.3 Å². The van der Waals surface area contributed by atoms with Crippen LogP contribution >= 0.6 is 0 Å². The molecule has 0 aliphatic heterocycles. The topological polar surface area (TPSA) is 58.5 Å². The molecular weight excluding hydrogens is 190 g/mol. The van der Waals surface area contributed by atoms with E-state index in [2.05, 4.69) is 33.5 Å². The summed E-state index contributed by atoms with van der Waals surface area (Å²) in [6.45, 7) is 4.59. The summed E-state index contributed by atoms with van der Waals surface area (Å²) < 4.78 is 2.03. The second-order valence-electron chi connectivity index (χ2n) is 3.36. The molecule has 0 aliphatic carbocycles. The zero-order valence-electron chi connectivity index (χ0n) is 8.77. The minimum absolute atomic E-state index is 0.749. The van der Waals surface area contributed by atoms with Gasteiger partial charge >= 0.3 is 0 Å². The van der Waals surface area contributed by atoms with Gasteiger partial charge in [-0.2, -0.15) is 0 Å². The number of H-pyrrole nitrogens is 1. The van der Waals surface area contributed by atoms with Crippen LogP contribution in [0.4, 0.5) is 0 Å². The van der Waals surface area contributed by atoms with Crippen molar-refractivity contribution in [2.24, 2.45) is 0 Å². The molecule has 15 heavy (non-hydrogen) atoms. The molecule has 80 valence electrons. The number of nitrogens with one attached hydrogen (secondary N) is 2. The summed E-state index contributed by atoms with van der Waals surface area (Å²) in [5, 5.41) is 11.2. The van der Waals surface area contributed by atoms with Crippen LogP contribution in [0.15, 0.2) is 24.8 Å². The molecule has 0 spiro atoms. The van der Waals surface area contributed by atoms with Crippen molar-refractivity contribution in [3.63, 3.8) is 0 Å². The van der Waals surface area contributed by atoms with Crippen LogP contribution < -0.4 is 5.32 Å². The number of aryl methyl sites for hydroxylation is 1. The van der Waals surface area contributed by atoms with Crippen LogP contribution in [0.25, 0.3) is 0 Å². The van der Waals surface area contributed by atoms with E-state index < -0.39 is 0 Å². The largest absolute Gasteiger partial charge is 0.367 e. The van der Waals surface area contributed by atoms with E-state index in [4.69, 9.17) is 0 Å². The standard InChI is InChI=1S/C10H15N5/c1-2-15-8-13-14-10(15)7-12-6-9-3-4-11-5-9/h3-5,8,11-12H,2,6-7H2,1H3. The molecule has 0 unspecified atom stereocenters. The van der Waals surface area contributed by atoms with E-state index in [-0.39, 0.29) is 0 Å². The maximum atomic E-state index is 4.05. The first-order chi connectivity index (χ1) is 7.40. The normalized spacial score (nSPS) is 10.7. The van der Waals surface area contributed by atoms with E-state index in [0.717, 1.165) is 25.5 Å². The lowest BCUT2D eigenvalue weighted by Gasteiger charge is -2.04. The van der Waals surface area contributed by atoms with Gasteiger partial charge in [0.05, 0.1) is 6.54 Å². The van der Waals surface area contributed by atoms with Gasteiger partial charge in [0, 0.05) is 25.5 Å². The molecule has 0 atom stereocenters. The maximum absolute atomic E-state index is 4.05. The Kier molecular flexibility index (Phi) is 3.14. The molecule has 2 aromatic rings. The van der Waals surface area contributed by atoms with Crippen molar-refractivity contribution in [3.8, 4) is 0 Å². The van der Waals surface area contributed by atoms with Crippen molar-refractivity contribution in [3.05, 3.63) is 36.2 Å². The fraction of sp³-hybridized carbons (Fsp3) is 0.400. The van der Waals surface area contributed by atoms with Gasteiger partial charge in [-0.05, 0) is 18.6 Å². The SMILES string of the molecule is CCn1cnnc1CNCc1cc[nH]c1. The number of rotatable bonds is 5. The first-order valence-electron chi connectivity index (χ1n) is 5.09. The Morgan fingerprint density at radius 1 is 1.47 bits per heavy atom. The van der Waals surface area contributed by atoms with E-state index >= 15 is 0 Å². The summed E-state index contributed by atoms with van der Waals surface area (Å²) in [7, 11) is 0. The summed E-state index contributed by atoms with van der Waals surface area (Å²) >= 11 is 0. The van der Waals surface area contributed by atoms with Gasteiger partial charge in [-0.3, -0.25) is 0 Å². The van der Waals surface area contributed by atoms with E-state index in [1.54, 1.807) is 6.33 Å². The third-order valence-corrected chi connectivity index (χ3v) is 2.31. The maximum Gasteiger partial charge on any atom is 0.146 e. The van der Waals surface area contributed by atoms with Gasteiger partial charge in [0.15, 0.2) is 0 Å². The molecule has 0 fully saturated rings.